The second-order valence-corrected chi connectivity index (χ2v) is 5.66. The van der Waals surface area contributed by atoms with Crippen LogP contribution in [0.3, 0.4) is 0 Å². The minimum atomic E-state index is -2.92. The molecule has 124 valence electrons. The van der Waals surface area contributed by atoms with Crippen LogP contribution in [0.25, 0.3) is 0 Å². The first-order valence-electron chi connectivity index (χ1n) is 7.23. The van der Waals surface area contributed by atoms with Crippen LogP contribution in [-0.4, -0.2) is 41.2 Å². The third-order valence-electron chi connectivity index (χ3n) is 3.37. The molecule has 1 amide bonds. The second kappa shape index (κ2) is 6.87. The molecule has 0 atom stereocenters. The quantitative estimate of drug-likeness (QED) is 0.890. The van der Waals surface area contributed by atoms with E-state index in [-0.39, 0.29) is 11.5 Å². The molecule has 0 aliphatic heterocycles. The number of carbonyl (C=O) groups is 1. The third-order valence-corrected chi connectivity index (χ3v) is 3.37. The Hall–Kier alpha value is -2.28. The molecule has 1 aromatic carbocycles. The molecule has 0 saturated heterocycles. The van der Waals surface area contributed by atoms with Gasteiger partial charge in [-0.15, -0.1) is 0 Å². The minimum absolute atomic E-state index is 0.120. The number of hydrogen-bond acceptors (Lipinski definition) is 3. The number of nitrogens with one attached hydrogen (secondary N) is 1. The summed E-state index contributed by atoms with van der Waals surface area (Å²) in [6.07, 6.45) is 1.60. The Morgan fingerprint density at radius 1 is 1.26 bits per heavy atom. The predicted molar refractivity (Wildman–Crippen MR) is 84.7 cm³/mol. The molecule has 5 nitrogen and oxygen atoms in total. The van der Waals surface area contributed by atoms with Crippen molar-refractivity contribution < 1.29 is 13.6 Å². The Kier molecular flexibility index (Phi) is 5.10. The van der Waals surface area contributed by atoms with Crippen LogP contribution in [0.15, 0.2) is 36.5 Å². The number of likely N-dealkylation sites (N-methyl/N-ethyl adjacent to an activating group) is 1. The van der Waals surface area contributed by atoms with Gasteiger partial charge in [0, 0.05) is 30.7 Å². The number of aromatic nitrogens is 2. The SMILES string of the molecule is CN(C)CCn1nccc1NC(=O)c1ccc(C(C)(F)F)cc1. The van der Waals surface area contributed by atoms with E-state index < -0.39 is 5.92 Å². The zero-order valence-electron chi connectivity index (χ0n) is 13.4. The Bertz CT molecular complexity index is 659. The summed E-state index contributed by atoms with van der Waals surface area (Å²) in [6.45, 7) is 2.24. The van der Waals surface area contributed by atoms with Gasteiger partial charge in [-0.1, -0.05) is 12.1 Å². The van der Waals surface area contributed by atoms with Gasteiger partial charge >= 0.3 is 0 Å². The fraction of sp³-hybridized carbons (Fsp3) is 0.375. The lowest BCUT2D eigenvalue weighted by Gasteiger charge is -2.13. The number of carbonyl (C=O) groups excluding carboxylic acids is 1. The third kappa shape index (κ3) is 4.59. The number of alkyl halides is 2. The molecule has 2 aromatic rings. The van der Waals surface area contributed by atoms with Crippen LogP contribution in [0.1, 0.15) is 22.8 Å². The molecule has 0 bridgehead atoms. The van der Waals surface area contributed by atoms with Crippen molar-refractivity contribution in [3.63, 3.8) is 0 Å². The molecule has 0 spiro atoms. The Labute approximate surface area is 133 Å². The van der Waals surface area contributed by atoms with E-state index in [4.69, 9.17) is 0 Å². The van der Waals surface area contributed by atoms with E-state index in [2.05, 4.69) is 10.4 Å². The number of hydrogen-bond donors (Lipinski definition) is 1. The topological polar surface area (TPSA) is 50.2 Å². The largest absolute Gasteiger partial charge is 0.308 e. The molecule has 0 unspecified atom stereocenters. The zero-order chi connectivity index (χ0) is 17.0. The van der Waals surface area contributed by atoms with Crippen molar-refractivity contribution in [1.82, 2.24) is 14.7 Å². The lowest BCUT2D eigenvalue weighted by molar-refractivity contribution is 0.0174. The van der Waals surface area contributed by atoms with Crippen molar-refractivity contribution in [2.45, 2.75) is 19.4 Å². The summed E-state index contributed by atoms with van der Waals surface area (Å²) in [5.41, 5.74) is 0.198. The monoisotopic (exact) mass is 322 g/mol. The van der Waals surface area contributed by atoms with Gasteiger partial charge in [0.25, 0.3) is 11.8 Å². The van der Waals surface area contributed by atoms with Gasteiger partial charge in [0.05, 0.1) is 12.7 Å². The van der Waals surface area contributed by atoms with E-state index in [9.17, 15) is 13.6 Å². The zero-order valence-corrected chi connectivity index (χ0v) is 13.4. The Morgan fingerprint density at radius 2 is 1.91 bits per heavy atom. The van der Waals surface area contributed by atoms with Crippen molar-refractivity contribution in [1.29, 1.82) is 0 Å². The van der Waals surface area contributed by atoms with E-state index in [1.54, 1.807) is 16.9 Å². The van der Waals surface area contributed by atoms with Gasteiger partial charge in [-0.3, -0.25) is 4.79 Å². The van der Waals surface area contributed by atoms with Crippen LogP contribution in [0.2, 0.25) is 0 Å². The predicted octanol–water partition coefficient (Wildman–Crippen LogP) is 2.81. The summed E-state index contributed by atoms with van der Waals surface area (Å²) in [5.74, 6) is -2.70. The summed E-state index contributed by atoms with van der Waals surface area (Å²) in [5, 5.41) is 6.90. The number of benzene rings is 1. The van der Waals surface area contributed by atoms with Gasteiger partial charge in [-0.25, -0.2) is 13.5 Å². The lowest BCUT2D eigenvalue weighted by Crippen LogP contribution is -2.21. The van der Waals surface area contributed by atoms with E-state index in [1.807, 2.05) is 19.0 Å². The van der Waals surface area contributed by atoms with E-state index in [0.29, 0.717) is 17.9 Å². The highest BCUT2D eigenvalue weighted by atomic mass is 19.3. The first-order chi connectivity index (χ1) is 10.8. The first-order valence-corrected chi connectivity index (χ1v) is 7.23. The summed E-state index contributed by atoms with van der Waals surface area (Å²) in [4.78, 5) is 14.2. The number of nitrogens with zero attached hydrogens (tertiary/aromatic N) is 3. The summed E-state index contributed by atoms with van der Waals surface area (Å²) >= 11 is 0. The molecule has 0 fully saturated rings. The molecule has 0 saturated carbocycles. The van der Waals surface area contributed by atoms with Gasteiger partial charge in [-0.2, -0.15) is 5.10 Å². The standard InChI is InChI=1S/C16H20F2N4O/c1-16(17,18)13-6-4-12(5-7-13)15(23)20-14-8-9-19-22(14)11-10-21(2)3/h4-9H,10-11H2,1-3H3,(H,20,23). The average molecular weight is 322 g/mol. The highest BCUT2D eigenvalue weighted by Crippen LogP contribution is 2.26. The van der Waals surface area contributed by atoms with Crippen molar-refractivity contribution in [3.8, 4) is 0 Å². The molecular formula is C16H20F2N4O. The molecule has 0 radical (unpaired) electrons. The molecule has 23 heavy (non-hydrogen) atoms. The molecule has 2 rings (SSSR count). The summed E-state index contributed by atoms with van der Waals surface area (Å²) < 4.78 is 28.0. The molecule has 1 N–H and O–H groups in total. The smallest absolute Gasteiger partial charge is 0.270 e. The number of anilines is 1. The van der Waals surface area contributed by atoms with Crippen LogP contribution in [0.4, 0.5) is 14.6 Å². The number of amides is 1. The molecule has 0 aliphatic carbocycles. The second-order valence-electron chi connectivity index (χ2n) is 5.66. The summed E-state index contributed by atoms with van der Waals surface area (Å²) in [7, 11) is 3.90. The minimum Gasteiger partial charge on any atom is -0.308 e. The maximum Gasteiger partial charge on any atom is 0.270 e. The van der Waals surface area contributed by atoms with Crippen LogP contribution >= 0.6 is 0 Å². The van der Waals surface area contributed by atoms with Crippen molar-refractivity contribution >= 4 is 11.7 Å². The first kappa shape index (κ1) is 17.1. The summed E-state index contributed by atoms with van der Waals surface area (Å²) in [6, 6.07) is 7.00. The van der Waals surface area contributed by atoms with Gasteiger partial charge in [0.1, 0.15) is 5.82 Å². The highest BCUT2D eigenvalue weighted by Gasteiger charge is 2.24. The molecule has 7 heteroatoms. The van der Waals surface area contributed by atoms with Gasteiger partial charge in [-0.05, 0) is 26.2 Å². The van der Waals surface area contributed by atoms with E-state index >= 15 is 0 Å². The van der Waals surface area contributed by atoms with Crippen LogP contribution in [0.5, 0.6) is 0 Å². The Morgan fingerprint density at radius 3 is 2.48 bits per heavy atom. The number of halogens is 2. The van der Waals surface area contributed by atoms with Crippen molar-refractivity contribution in [2.75, 3.05) is 26.0 Å². The maximum absolute atomic E-state index is 13.2. The fourth-order valence-electron chi connectivity index (χ4n) is 2.01. The van der Waals surface area contributed by atoms with Gasteiger partial charge < -0.3 is 10.2 Å². The van der Waals surface area contributed by atoms with Crippen LogP contribution in [-0.2, 0) is 12.5 Å². The van der Waals surface area contributed by atoms with Crippen molar-refractivity contribution in [2.24, 2.45) is 0 Å². The molecule has 0 aliphatic rings. The molecular weight excluding hydrogens is 302 g/mol. The van der Waals surface area contributed by atoms with Crippen LogP contribution in [0, 0.1) is 0 Å². The molecule has 1 heterocycles. The highest BCUT2D eigenvalue weighted by molar-refractivity contribution is 6.03. The Balaban J connectivity index is 2.06. The van der Waals surface area contributed by atoms with Crippen molar-refractivity contribution in [3.05, 3.63) is 47.7 Å². The average Bonchev–Trinajstić information content (AvgIpc) is 2.91. The fourth-order valence-corrected chi connectivity index (χ4v) is 2.01. The van der Waals surface area contributed by atoms with E-state index in [0.717, 1.165) is 13.5 Å². The van der Waals surface area contributed by atoms with Crippen LogP contribution < -0.4 is 5.32 Å². The maximum atomic E-state index is 13.2. The van der Waals surface area contributed by atoms with E-state index in [1.165, 1.54) is 24.3 Å². The van der Waals surface area contributed by atoms with Gasteiger partial charge in [0.15, 0.2) is 0 Å². The lowest BCUT2D eigenvalue weighted by atomic mass is 10.1. The normalized spacial score (nSPS) is 11.7. The molecule has 1 aromatic heterocycles. The van der Waals surface area contributed by atoms with Gasteiger partial charge in [0.2, 0.25) is 0 Å². The number of rotatable bonds is 6.